The Morgan fingerprint density at radius 3 is 2.52 bits per heavy atom. The third-order valence-electron chi connectivity index (χ3n) is 4.14. The molecule has 0 spiro atoms. The van der Waals surface area contributed by atoms with Crippen molar-refractivity contribution in [2.75, 3.05) is 46.2 Å². The van der Waals surface area contributed by atoms with Crippen molar-refractivity contribution in [1.29, 1.82) is 0 Å². The molecule has 7 nitrogen and oxygen atoms in total. The molecule has 0 bridgehead atoms. The van der Waals surface area contributed by atoms with E-state index in [2.05, 4.69) is 20.9 Å². The Morgan fingerprint density at radius 1 is 1.15 bits per heavy atom. The van der Waals surface area contributed by atoms with E-state index < -0.39 is 0 Å². The molecule has 0 fully saturated rings. The van der Waals surface area contributed by atoms with Crippen LogP contribution in [0.2, 0.25) is 0 Å². The molecule has 1 amide bonds. The normalized spacial score (nSPS) is 11.7. The van der Waals surface area contributed by atoms with Crippen LogP contribution >= 0.6 is 0 Å². The summed E-state index contributed by atoms with van der Waals surface area (Å²) in [6, 6.07) is 11.5. The molecule has 2 rings (SSSR count). The van der Waals surface area contributed by atoms with E-state index in [1.54, 1.807) is 14.2 Å². The van der Waals surface area contributed by atoms with Gasteiger partial charge in [0.05, 0.1) is 12.5 Å². The Bertz CT molecular complexity index is 689. The highest BCUT2D eigenvalue weighted by atomic mass is 16.5. The number of nitrogens with one attached hydrogen (secondary N) is 3. The Balaban J connectivity index is 1.70. The van der Waals surface area contributed by atoms with E-state index in [-0.39, 0.29) is 12.0 Å². The second-order valence-corrected chi connectivity index (χ2v) is 6.00. The lowest BCUT2D eigenvalue weighted by atomic mass is 10.1. The second kappa shape index (κ2) is 11.2. The fourth-order valence-corrected chi connectivity index (χ4v) is 2.53. The summed E-state index contributed by atoms with van der Waals surface area (Å²) in [6.45, 7) is 1.91. The van der Waals surface area contributed by atoms with Crippen LogP contribution in [0, 0.1) is 0 Å². The number of ether oxygens (including phenoxy) is 2. The molecule has 3 N–H and O–H groups in total. The van der Waals surface area contributed by atoms with Crippen LogP contribution in [0.5, 0.6) is 5.75 Å². The van der Waals surface area contributed by atoms with Gasteiger partial charge in [-0.15, -0.1) is 0 Å². The smallest absolute Gasteiger partial charge is 0.224 e. The van der Waals surface area contributed by atoms with E-state index >= 15 is 0 Å². The van der Waals surface area contributed by atoms with Crippen LogP contribution in [-0.4, -0.2) is 51.8 Å². The van der Waals surface area contributed by atoms with E-state index in [9.17, 15) is 4.79 Å². The molecule has 1 heterocycles. The molecule has 0 aliphatic rings. The van der Waals surface area contributed by atoms with Gasteiger partial charge < -0.3 is 25.4 Å². The van der Waals surface area contributed by atoms with Crippen molar-refractivity contribution in [3.8, 4) is 5.75 Å². The number of anilines is 1. The van der Waals surface area contributed by atoms with Gasteiger partial charge >= 0.3 is 0 Å². The number of amides is 1. The molecule has 1 aromatic heterocycles. The Labute approximate surface area is 160 Å². The maximum absolute atomic E-state index is 11.4. The molecular formula is C20H28N4O3. The molecule has 0 saturated heterocycles. The summed E-state index contributed by atoms with van der Waals surface area (Å²) < 4.78 is 11.3. The molecule has 1 unspecified atom stereocenters. The predicted molar refractivity (Wildman–Crippen MR) is 106 cm³/mol. The number of likely N-dealkylation sites (N-methyl/N-ethyl adjacent to an activating group) is 1. The van der Waals surface area contributed by atoms with Crippen LogP contribution in [0.3, 0.4) is 0 Å². The zero-order valence-corrected chi connectivity index (χ0v) is 16.1. The van der Waals surface area contributed by atoms with Gasteiger partial charge in [0.2, 0.25) is 5.91 Å². The summed E-state index contributed by atoms with van der Waals surface area (Å²) >= 11 is 0. The highest BCUT2D eigenvalue weighted by molar-refractivity contribution is 5.78. The molecule has 0 radical (unpaired) electrons. The molecule has 2 aromatic rings. The van der Waals surface area contributed by atoms with Gasteiger partial charge in [0, 0.05) is 46.1 Å². The average Bonchev–Trinajstić information content (AvgIpc) is 2.72. The van der Waals surface area contributed by atoms with E-state index in [4.69, 9.17) is 9.47 Å². The van der Waals surface area contributed by atoms with Crippen molar-refractivity contribution in [3.63, 3.8) is 0 Å². The second-order valence-electron chi connectivity index (χ2n) is 6.00. The van der Waals surface area contributed by atoms with Gasteiger partial charge in [0.25, 0.3) is 0 Å². The van der Waals surface area contributed by atoms with Crippen molar-refractivity contribution in [2.24, 2.45) is 0 Å². The average molecular weight is 372 g/mol. The fraction of sp³-hybridized carbons (Fsp3) is 0.400. The minimum Gasteiger partial charge on any atom is -0.492 e. The molecule has 1 atom stereocenters. The lowest BCUT2D eigenvalue weighted by Gasteiger charge is -2.17. The predicted octanol–water partition coefficient (Wildman–Crippen LogP) is 1.77. The first-order valence-electron chi connectivity index (χ1n) is 8.95. The van der Waals surface area contributed by atoms with Gasteiger partial charge in [0.15, 0.2) is 0 Å². The number of hydrogen-bond acceptors (Lipinski definition) is 6. The molecule has 0 saturated carbocycles. The highest BCUT2D eigenvalue weighted by Gasteiger charge is 2.10. The summed E-state index contributed by atoms with van der Waals surface area (Å²) in [5.41, 5.74) is 1.98. The number of pyridine rings is 1. The SMILES string of the molecule is CNC(=O)Cc1ccc(OCCNCC(OC)c2ccc(NC)nc2)cc1. The Morgan fingerprint density at radius 2 is 1.93 bits per heavy atom. The van der Waals surface area contributed by atoms with Crippen LogP contribution in [0.25, 0.3) is 0 Å². The van der Waals surface area contributed by atoms with Gasteiger partial charge in [-0.2, -0.15) is 0 Å². The number of methoxy groups -OCH3 is 1. The summed E-state index contributed by atoms with van der Waals surface area (Å²) in [5.74, 6) is 1.61. The van der Waals surface area contributed by atoms with E-state index in [0.29, 0.717) is 26.1 Å². The van der Waals surface area contributed by atoms with Gasteiger partial charge in [-0.05, 0) is 23.8 Å². The summed E-state index contributed by atoms with van der Waals surface area (Å²) in [6.07, 6.45) is 2.13. The van der Waals surface area contributed by atoms with Gasteiger partial charge in [0.1, 0.15) is 18.2 Å². The highest BCUT2D eigenvalue weighted by Crippen LogP contribution is 2.16. The lowest BCUT2D eigenvalue weighted by Crippen LogP contribution is -2.27. The molecule has 0 aliphatic heterocycles. The lowest BCUT2D eigenvalue weighted by molar-refractivity contribution is -0.119. The van der Waals surface area contributed by atoms with Crippen molar-refractivity contribution < 1.29 is 14.3 Å². The maximum atomic E-state index is 11.4. The first-order valence-corrected chi connectivity index (χ1v) is 8.95. The number of hydrogen-bond donors (Lipinski definition) is 3. The van der Waals surface area contributed by atoms with Crippen molar-refractivity contribution in [3.05, 3.63) is 53.7 Å². The number of aromatic nitrogens is 1. The monoisotopic (exact) mass is 372 g/mol. The number of rotatable bonds is 11. The van der Waals surface area contributed by atoms with Crippen LogP contribution in [0.1, 0.15) is 17.2 Å². The zero-order valence-electron chi connectivity index (χ0n) is 16.1. The van der Waals surface area contributed by atoms with Gasteiger partial charge in [-0.25, -0.2) is 4.98 Å². The molecule has 146 valence electrons. The largest absolute Gasteiger partial charge is 0.492 e. The number of benzene rings is 1. The third-order valence-corrected chi connectivity index (χ3v) is 4.14. The molecule has 7 heteroatoms. The van der Waals surface area contributed by atoms with Crippen LogP contribution in [0.4, 0.5) is 5.82 Å². The number of nitrogens with zero attached hydrogens (tertiary/aromatic N) is 1. The van der Waals surface area contributed by atoms with Gasteiger partial charge in [-0.1, -0.05) is 18.2 Å². The standard InChI is InChI=1S/C20H28N4O3/c1-21-19-9-6-16(13-24-19)18(26-3)14-23-10-11-27-17-7-4-15(5-8-17)12-20(25)22-2/h4-9,13,18,23H,10-12,14H2,1-3H3,(H,21,24)(H,22,25). The summed E-state index contributed by atoms with van der Waals surface area (Å²) in [7, 11) is 5.16. The van der Waals surface area contributed by atoms with E-state index in [1.807, 2.05) is 49.6 Å². The van der Waals surface area contributed by atoms with Crippen molar-refractivity contribution in [2.45, 2.75) is 12.5 Å². The van der Waals surface area contributed by atoms with Gasteiger partial charge in [-0.3, -0.25) is 4.79 Å². The number of carbonyl (C=O) groups is 1. The first-order chi connectivity index (χ1) is 13.2. The molecule has 1 aromatic carbocycles. The molecular weight excluding hydrogens is 344 g/mol. The fourth-order valence-electron chi connectivity index (χ4n) is 2.53. The topological polar surface area (TPSA) is 84.5 Å². The molecule has 27 heavy (non-hydrogen) atoms. The Hall–Kier alpha value is -2.64. The van der Waals surface area contributed by atoms with Crippen LogP contribution in [0.15, 0.2) is 42.6 Å². The van der Waals surface area contributed by atoms with Crippen molar-refractivity contribution >= 4 is 11.7 Å². The molecule has 0 aliphatic carbocycles. The minimum atomic E-state index is -0.0626. The first kappa shape index (κ1) is 20.7. The Kier molecular flexibility index (Phi) is 8.54. The quantitative estimate of drug-likeness (QED) is 0.522. The summed E-state index contributed by atoms with van der Waals surface area (Å²) in [5, 5.41) is 8.94. The van der Waals surface area contributed by atoms with E-state index in [0.717, 1.165) is 22.7 Å². The van der Waals surface area contributed by atoms with Crippen LogP contribution < -0.4 is 20.7 Å². The summed E-state index contributed by atoms with van der Waals surface area (Å²) in [4.78, 5) is 15.7. The maximum Gasteiger partial charge on any atom is 0.224 e. The minimum absolute atomic E-state index is 0.00337. The zero-order chi connectivity index (χ0) is 19.5. The third kappa shape index (κ3) is 6.88. The van der Waals surface area contributed by atoms with Crippen LogP contribution in [-0.2, 0) is 16.0 Å². The van der Waals surface area contributed by atoms with Crippen molar-refractivity contribution in [1.82, 2.24) is 15.6 Å². The van der Waals surface area contributed by atoms with E-state index in [1.165, 1.54) is 0 Å². The number of carbonyl (C=O) groups excluding carboxylic acids is 1.